The molecule has 0 radical (unpaired) electrons. The zero-order valence-corrected chi connectivity index (χ0v) is 17.9. The molecule has 0 amide bonds. The van der Waals surface area contributed by atoms with Gasteiger partial charge in [-0.2, -0.15) is 0 Å². The molecule has 0 saturated carbocycles. The van der Waals surface area contributed by atoms with Crippen LogP contribution in [0.4, 0.5) is 0 Å². The van der Waals surface area contributed by atoms with Crippen LogP contribution in [-0.2, 0) is 0 Å². The third-order valence-corrected chi connectivity index (χ3v) is 5.84. The van der Waals surface area contributed by atoms with Gasteiger partial charge in [-0.15, -0.1) is 0 Å². The predicted octanol–water partition coefficient (Wildman–Crippen LogP) is 6.05. The summed E-state index contributed by atoms with van der Waals surface area (Å²) in [6.45, 7) is 1.48. The first kappa shape index (κ1) is 20.4. The summed E-state index contributed by atoms with van der Waals surface area (Å²) < 4.78 is 2.11. The van der Waals surface area contributed by atoms with Crippen LogP contribution in [0.5, 0.6) is 0 Å². The average Bonchev–Trinajstić information content (AvgIpc) is 3.21. The van der Waals surface area contributed by atoms with Crippen LogP contribution in [0.2, 0.25) is 0 Å². The molecular weight excluding hydrogens is 412 g/mol. The normalized spacial score (nSPS) is 11.7. The highest BCUT2D eigenvalue weighted by molar-refractivity contribution is 6.45. The predicted molar refractivity (Wildman–Crippen MR) is 130 cm³/mol. The molecule has 5 heteroatoms. The van der Waals surface area contributed by atoms with E-state index in [-0.39, 0.29) is 17.3 Å². The SMILES string of the molecule is CC(=NO)C(=O)c1ccc2c(c1)c1ccccc1n2-c1ccc(C(=O)c2ccccc2)cc1. The Morgan fingerprint density at radius 1 is 0.697 bits per heavy atom. The van der Waals surface area contributed by atoms with E-state index in [4.69, 9.17) is 5.21 Å². The molecular formula is C28H20N2O3. The van der Waals surface area contributed by atoms with Gasteiger partial charge >= 0.3 is 0 Å². The number of aromatic nitrogens is 1. The minimum Gasteiger partial charge on any atom is -0.411 e. The van der Waals surface area contributed by atoms with Gasteiger partial charge in [0, 0.05) is 33.2 Å². The Bertz CT molecular complexity index is 1550. The van der Waals surface area contributed by atoms with Crippen LogP contribution in [0.1, 0.15) is 33.2 Å². The van der Waals surface area contributed by atoms with Gasteiger partial charge in [0.25, 0.3) is 0 Å². The molecule has 1 N–H and O–H groups in total. The van der Waals surface area contributed by atoms with Crippen molar-refractivity contribution in [3.63, 3.8) is 0 Å². The van der Waals surface area contributed by atoms with Gasteiger partial charge in [0.15, 0.2) is 5.78 Å². The second kappa shape index (κ2) is 8.20. The van der Waals surface area contributed by atoms with E-state index < -0.39 is 0 Å². The molecule has 160 valence electrons. The van der Waals surface area contributed by atoms with Gasteiger partial charge in [-0.3, -0.25) is 9.59 Å². The minimum atomic E-state index is -0.319. The first-order valence-electron chi connectivity index (χ1n) is 10.6. The molecule has 0 aliphatic carbocycles. The molecule has 0 atom stereocenters. The van der Waals surface area contributed by atoms with E-state index in [0.29, 0.717) is 16.7 Å². The van der Waals surface area contributed by atoms with Crippen LogP contribution in [0.3, 0.4) is 0 Å². The first-order chi connectivity index (χ1) is 16.1. The average molecular weight is 432 g/mol. The van der Waals surface area contributed by atoms with Crippen LogP contribution < -0.4 is 0 Å². The molecule has 0 bridgehead atoms. The van der Waals surface area contributed by atoms with Crippen LogP contribution in [0, 0.1) is 0 Å². The lowest BCUT2D eigenvalue weighted by molar-refractivity contribution is 0.103. The fraction of sp³-hybridized carbons (Fsp3) is 0.0357. The van der Waals surface area contributed by atoms with Gasteiger partial charge in [-0.1, -0.05) is 53.7 Å². The summed E-state index contributed by atoms with van der Waals surface area (Å²) in [7, 11) is 0. The Hall–Kier alpha value is -4.51. The van der Waals surface area contributed by atoms with Gasteiger partial charge in [0.2, 0.25) is 5.78 Å². The number of hydrogen-bond donors (Lipinski definition) is 1. The lowest BCUT2D eigenvalue weighted by Crippen LogP contribution is -2.10. The molecule has 0 aliphatic heterocycles. The molecule has 0 spiro atoms. The van der Waals surface area contributed by atoms with E-state index in [1.54, 1.807) is 6.07 Å². The quantitative estimate of drug-likeness (QED) is 0.159. The standard InChI is InChI=1S/C28H20N2O3/c1-18(29-33)27(31)21-13-16-26-24(17-21)23-9-5-6-10-25(23)30(26)22-14-11-20(12-15-22)28(32)19-7-3-2-4-8-19/h2-17,33H,1H3. The molecule has 1 heterocycles. The number of rotatable bonds is 5. The van der Waals surface area contributed by atoms with Crippen molar-refractivity contribution in [3.05, 3.63) is 114 Å². The number of benzene rings is 4. The molecule has 0 aliphatic rings. The summed E-state index contributed by atoms with van der Waals surface area (Å²) in [5, 5.41) is 13.9. The summed E-state index contributed by atoms with van der Waals surface area (Å²) in [5.41, 5.74) is 4.62. The molecule has 5 aromatic rings. The van der Waals surface area contributed by atoms with E-state index in [1.807, 2.05) is 91.0 Å². The van der Waals surface area contributed by atoms with Gasteiger partial charge in [0.05, 0.1) is 11.0 Å². The Labute approximate surface area is 190 Å². The van der Waals surface area contributed by atoms with Crippen molar-refractivity contribution in [2.24, 2.45) is 5.16 Å². The Balaban J connectivity index is 1.63. The fourth-order valence-electron chi connectivity index (χ4n) is 4.16. The lowest BCUT2D eigenvalue weighted by atomic mass is 10.0. The van der Waals surface area contributed by atoms with Crippen molar-refractivity contribution in [2.45, 2.75) is 6.92 Å². The van der Waals surface area contributed by atoms with Crippen LogP contribution >= 0.6 is 0 Å². The summed E-state index contributed by atoms with van der Waals surface area (Å²) in [4.78, 5) is 25.3. The van der Waals surface area contributed by atoms with Crippen LogP contribution in [0.25, 0.3) is 27.5 Å². The molecule has 0 unspecified atom stereocenters. The monoisotopic (exact) mass is 432 g/mol. The number of Topliss-reactive ketones (excluding diaryl/α,β-unsaturated/α-hetero) is 1. The Kier molecular flexibility index (Phi) is 5.07. The summed E-state index contributed by atoms with van der Waals surface area (Å²) >= 11 is 0. The Morgan fingerprint density at radius 2 is 1.30 bits per heavy atom. The second-order valence-corrected chi connectivity index (χ2v) is 7.84. The van der Waals surface area contributed by atoms with Gasteiger partial charge in [0.1, 0.15) is 5.71 Å². The molecule has 5 rings (SSSR count). The largest absolute Gasteiger partial charge is 0.411 e. The van der Waals surface area contributed by atoms with Crippen molar-refractivity contribution in [3.8, 4) is 5.69 Å². The van der Waals surface area contributed by atoms with E-state index in [9.17, 15) is 9.59 Å². The smallest absolute Gasteiger partial charge is 0.210 e. The number of ketones is 2. The highest BCUT2D eigenvalue weighted by atomic mass is 16.4. The number of para-hydroxylation sites is 1. The van der Waals surface area contributed by atoms with Gasteiger partial charge < -0.3 is 9.77 Å². The minimum absolute atomic E-state index is 0.0200. The molecule has 5 nitrogen and oxygen atoms in total. The van der Waals surface area contributed by atoms with E-state index in [1.165, 1.54) is 6.92 Å². The maximum absolute atomic E-state index is 12.8. The van der Waals surface area contributed by atoms with E-state index in [2.05, 4.69) is 9.72 Å². The molecule has 0 saturated heterocycles. The maximum Gasteiger partial charge on any atom is 0.210 e. The number of hydrogen-bond acceptors (Lipinski definition) is 4. The van der Waals surface area contributed by atoms with Crippen molar-refractivity contribution in [1.82, 2.24) is 4.57 Å². The zero-order valence-electron chi connectivity index (χ0n) is 17.9. The van der Waals surface area contributed by atoms with Crippen molar-refractivity contribution in [1.29, 1.82) is 0 Å². The summed E-state index contributed by atoms with van der Waals surface area (Å²) in [6, 6.07) is 30.2. The Morgan fingerprint density at radius 3 is 2.03 bits per heavy atom. The molecule has 4 aromatic carbocycles. The highest BCUT2D eigenvalue weighted by Crippen LogP contribution is 2.33. The maximum atomic E-state index is 12.8. The van der Waals surface area contributed by atoms with Gasteiger partial charge in [-0.05, 0) is 55.5 Å². The highest BCUT2D eigenvalue weighted by Gasteiger charge is 2.17. The zero-order chi connectivity index (χ0) is 22.9. The topological polar surface area (TPSA) is 71.7 Å². The molecule has 33 heavy (non-hydrogen) atoms. The van der Waals surface area contributed by atoms with Gasteiger partial charge in [-0.25, -0.2) is 0 Å². The van der Waals surface area contributed by atoms with E-state index in [0.717, 1.165) is 27.5 Å². The molecule has 0 fully saturated rings. The third-order valence-electron chi connectivity index (χ3n) is 5.84. The first-order valence-corrected chi connectivity index (χ1v) is 10.6. The summed E-state index contributed by atoms with van der Waals surface area (Å²) in [5.74, 6) is -0.339. The van der Waals surface area contributed by atoms with Crippen molar-refractivity contribution < 1.29 is 14.8 Å². The third kappa shape index (κ3) is 3.49. The number of oxime groups is 1. The van der Waals surface area contributed by atoms with Crippen LogP contribution in [0.15, 0.2) is 102 Å². The number of carbonyl (C=O) groups excluding carboxylic acids is 2. The fourth-order valence-corrected chi connectivity index (χ4v) is 4.16. The van der Waals surface area contributed by atoms with Crippen molar-refractivity contribution >= 4 is 39.1 Å². The number of fused-ring (bicyclic) bond motifs is 3. The number of carbonyl (C=O) groups is 2. The summed E-state index contributed by atoms with van der Waals surface area (Å²) in [6.07, 6.45) is 0. The van der Waals surface area contributed by atoms with Crippen LogP contribution in [-0.4, -0.2) is 27.1 Å². The lowest BCUT2D eigenvalue weighted by Gasteiger charge is -2.09. The second-order valence-electron chi connectivity index (χ2n) is 7.84. The van der Waals surface area contributed by atoms with Crippen molar-refractivity contribution in [2.75, 3.05) is 0 Å². The van der Waals surface area contributed by atoms with E-state index >= 15 is 0 Å². The number of nitrogens with zero attached hydrogens (tertiary/aromatic N) is 2. The molecule has 1 aromatic heterocycles.